The van der Waals surface area contributed by atoms with E-state index in [0.717, 1.165) is 11.3 Å². The molecule has 4 nitrogen and oxygen atoms in total. The van der Waals surface area contributed by atoms with Crippen LogP contribution in [0.3, 0.4) is 0 Å². The summed E-state index contributed by atoms with van der Waals surface area (Å²) >= 11 is 0. The molecule has 0 saturated carbocycles. The van der Waals surface area contributed by atoms with E-state index in [1.54, 1.807) is 30.3 Å². The predicted octanol–water partition coefficient (Wildman–Crippen LogP) is 3.52. The SMILES string of the molecule is Cc1ccc(/C=C/C(=O)NCc2ccc(OC(F)F)cc2)o1. The lowest BCUT2D eigenvalue weighted by molar-refractivity contribution is -0.116. The second kappa shape index (κ2) is 7.40. The number of rotatable bonds is 6. The number of nitrogens with one attached hydrogen (secondary N) is 1. The van der Waals surface area contributed by atoms with Crippen LogP contribution in [0.4, 0.5) is 8.78 Å². The number of alkyl halides is 2. The van der Waals surface area contributed by atoms with Crippen molar-refractivity contribution in [2.24, 2.45) is 0 Å². The number of carbonyl (C=O) groups excluding carboxylic acids is 1. The van der Waals surface area contributed by atoms with Gasteiger partial charge in [0.25, 0.3) is 0 Å². The van der Waals surface area contributed by atoms with Crippen LogP contribution in [-0.2, 0) is 11.3 Å². The Kier molecular flexibility index (Phi) is 5.30. The molecular weight excluding hydrogens is 292 g/mol. The van der Waals surface area contributed by atoms with Crippen molar-refractivity contribution in [3.8, 4) is 5.75 Å². The maximum atomic E-state index is 12.0. The molecule has 1 aromatic carbocycles. The minimum absolute atomic E-state index is 0.0816. The summed E-state index contributed by atoms with van der Waals surface area (Å²) in [5.74, 6) is 1.17. The van der Waals surface area contributed by atoms with Gasteiger partial charge in [0.2, 0.25) is 5.91 Å². The second-order valence-electron chi connectivity index (χ2n) is 4.52. The number of ether oxygens (including phenoxy) is 1. The van der Waals surface area contributed by atoms with E-state index in [1.165, 1.54) is 18.2 Å². The highest BCUT2D eigenvalue weighted by atomic mass is 19.3. The van der Waals surface area contributed by atoms with Gasteiger partial charge in [0.05, 0.1) is 0 Å². The van der Waals surface area contributed by atoms with Gasteiger partial charge in [0.1, 0.15) is 17.3 Å². The Balaban J connectivity index is 1.82. The van der Waals surface area contributed by atoms with E-state index in [4.69, 9.17) is 4.42 Å². The Hall–Kier alpha value is -2.63. The Morgan fingerprint density at radius 3 is 2.59 bits per heavy atom. The molecule has 1 heterocycles. The van der Waals surface area contributed by atoms with Gasteiger partial charge in [-0.15, -0.1) is 0 Å². The average molecular weight is 307 g/mol. The summed E-state index contributed by atoms with van der Waals surface area (Å²) in [7, 11) is 0. The maximum absolute atomic E-state index is 12.0. The van der Waals surface area contributed by atoms with Crippen LogP contribution in [0.5, 0.6) is 5.75 Å². The molecule has 2 rings (SSSR count). The zero-order chi connectivity index (χ0) is 15.9. The molecule has 0 bridgehead atoms. The Morgan fingerprint density at radius 2 is 2.00 bits per heavy atom. The first-order chi connectivity index (χ1) is 10.5. The zero-order valence-corrected chi connectivity index (χ0v) is 11.9. The molecular formula is C16H15F2NO3. The smallest absolute Gasteiger partial charge is 0.387 e. The van der Waals surface area contributed by atoms with Crippen molar-refractivity contribution in [1.29, 1.82) is 0 Å². The molecule has 1 amide bonds. The van der Waals surface area contributed by atoms with E-state index in [9.17, 15) is 13.6 Å². The molecule has 0 aliphatic rings. The molecule has 0 aliphatic carbocycles. The summed E-state index contributed by atoms with van der Waals surface area (Å²) < 4.78 is 33.6. The van der Waals surface area contributed by atoms with Gasteiger partial charge in [-0.25, -0.2) is 0 Å². The summed E-state index contributed by atoms with van der Waals surface area (Å²) in [4.78, 5) is 11.6. The standard InChI is InChI=1S/C16H15F2NO3/c1-11-2-5-13(21-11)8-9-15(20)19-10-12-3-6-14(7-4-12)22-16(17)18/h2-9,16H,10H2,1H3,(H,19,20)/b9-8+. The highest BCUT2D eigenvalue weighted by molar-refractivity contribution is 5.91. The van der Waals surface area contributed by atoms with Crippen LogP contribution in [0.1, 0.15) is 17.1 Å². The van der Waals surface area contributed by atoms with E-state index >= 15 is 0 Å². The van der Waals surface area contributed by atoms with Crippen LogP contribution in [0.15, 0.2) is 46.9 Å². The molecule has 0 unspecified atom stereocenters. The molecule has 0 radical (unpaired) electrons. The largest absolute Gasteiger partial charge is 0.462 e. The number of furan rings is 1. The van der Waals surface area contributed by atoms with E-state index in [1.807, 2.05) is 6.92 Å². The van der Waals surface area contributed by atoms with Crippen LogP contribution >= 0.6 is 0 Å². The number of aryl methyl sites for hydroxylation is 1. The molecule has 1 aromatic heterocycles. The monoisotopic (exact) mass is 307 g/mol. The molecule has 0 spiro atoms. The van der Waals surface area contributed by atoms with Gasteiger partial charge >= 0.3 is 6.61 Å². The van der Waals surface area contributed by atoms with Crippen molar-refractivity contribution in [3.05, 3.63) is 59.6 Å². The molecule has 22 heavy (non-hydrogen) atoms. The van der Waals surface area contributed by atoms with Crippen LogP contribution in [0.2, 0.25) is 0 Å². The van der Waals surface area contributed by atoms with E-state index < -0.39 is 6.61 Å². The Bertz CT molecular complexity index is 648. The molecule has 0 atom stereocenters. The Morgan fingerprint density at radius 1 is 1.27 bits per heavy atom. The van der Waals surface area contributed by atoms with Crippen molar-refractivity contribution in [3.63, 3.8) is 0 Å². The normalized spacial score (nSPS) is 11.1. The lowest BCUT2D eigenvalue weighted by atomic mass is 10.2. The highest BCUT2D eigenvalue weighted by Crippen LogP contribution is 2.14. The van der Waals surface area contributed by atoms with Gasteiger partial charge < -0.3 is 14.5 Å². The summed E-state index contributed by atoms with van der Waals surface area (Å²) in [6, 6.07) is 9.64. The number of amides is 1. The van der Waals surface area contributed by atoms with Gasteiger partial charge in [-0.3, -0.25) is 4.79 Å². The molecule has 0 saturated heterocycles. The first-order valence-electron chi connectivity index (χ1n) is 6.59. The number of carbonyl (C=O) groups is 1. The molecule has 116 valence electrons. The first-order valence-corrected chi connectivity index (χ1v) is 6.59. The Labute approximate surface area is 126 Å². The van der Waals surface area contributed by atoms with Crippen molar-refractivity contribution < 1.29 is 22.7 Å². The fourth-order valence-corrected chi connectivity index (χ4v) is 1.74. The van der Waals surface area contributed by atoms with Gasteiger partial charge in [0, 0.05) is 12.6 Å². The lowest BCUT2D eigenvalue weighted by Gasteiger charge is -2.06. The first kappa shape index (κ1) is 15.8. The molecule has 0 aliphatic heterocycles. The van der Waals surface area contributed by atoms with Gasteiger partial charge in [0.15, 0.2) is 0 Å². The number of hydrogen-bond acceptors (Lipinski definition) is 3. The zero-order valence-electron chi connectivity index (χ0n) is 11.9. The average Bonchev–Trinajstić information content (AvgIpc) is 2.89. The summed E-state index contributed by atoms with van der Waals surface area (Å²) in [6.45, 7) is -0.741. The second-order valence-corrected chi connectivity index (χ2v) is 4.52. The van der Waals surface area contributed by atoms with E-state index in [0.29, 0.717) is 5.76 Å². The van der Waals surface area contributed by atoms with Crippen LogP contribution < -0.4 is 10.1 Å². The van der Waals surface area contributed by atoms with Crippen molar-refractivity contribution in [1.82, 2.24) is 5.32 Å². The quantitative estimate of drug-likeness (QED) is 0.831. The minimum Gasteiger partial charge on any atom is -0.462 e. The number of hydrogen-bond donors (Lipinski definition) is 1. The van der Waals surface area contributed by atoms with Crippen molar-refractivity contribution in [2.45, 2.75) is 20.1 Å². The summed E-state index contributed by atoms with van der Waals surface area (Å²) in [5, 5.41) is 2.68. The van der Waals surface area contributed by atoms with Gasteiger partial charge in [-0.1, -0.05) is 12.1 Å². The predicted molar refractivity (Wildman–Crippen MR) is 77.4 cm³/mol. The number of halogens is 2. The van der Waals surface area contributed by atoms with Crippen LogP contribution in [0, 0.1) is 6.92 Å². The summed E-state index contributed by atoms with van der Waals surface area (Å²) in [5.41, 5.74) is 0.775. The van der Waals surface area contributed by atoms with E-state index in [2.05, 4.69) is 10.1 Å². The molecule has 1 N–H and O–H groups in total. The fraction of sp³-hybridized carbons (Fsp3) is 0.188. The van der Waals surface area contributed by atoms with Crippen molar-refractivity contribution >= 4 is 12.0 Å². The fourth-order valence-electron chi connectivity index (χ4n) is 1.74. The molecule has 0 fully saturated rings. The third kappa shape index (κ3) is 5.05. The van der Waals surface area contributed by atoms with Crippen molar-refractivity contribution in [2.75, 3.05) is 0 Å². The molecule has 6 heteroatoms. The topological polar surface area (TPSA) is 51.5 Å². The maximum Gasteiger partial charge on any atom is 0.387 e. The third-order valence-electron chi connectivity index (χ3n) is 2.78. The van der Waals surface area contributed by atoms with Crippen LogP contribution in [-0.4, -0.2) is 12.5 Å². The van der Waals surface area contributed by atoms with Crippen LogP contribution in [0.25, 0.3) is 6.08 Å². The highest BCUT2D eigenvalue weighted by Gasteiger charge is 2.04. The number of benzene rings is 1. The third-order valence-corrected chi connectivity index (χ3v) is 2.78. The van der Waals surface area contributed by atoms with E-state index in [-0.39, 0.29) is 18.2 Å². The van der Waals surface area contributed by atoms with Gasteiger partial charge in [-0.2, -0.15) is 8.78 Å². The lowest BCUT2D eigenvalue weighted by Crippen LogP contribution is -2.20. The minimum atomic E-state index is -2.85. The summed E-state index contributed by atoms with van der Waals surface area (Å²) in [6.07, 6.45) is 2.94. The molecule has 2 aromatic rings. The van der Waals surface area contributed by atoms with Gasteiger partial charge in [-0.05, 0) is 42.8 Å².